The Bertz CT molecular complexity index is 404. The monoisotopic (exact) mass is 296 g/mol. The molecule has 0 radical (unpaired) electrons. The second-order valence-corrected chi connectivity index (χ2v) is 5.55. The van der Waals surface area contributed by atoms with E-state index in [-0.39, 0.29) is 23.7 Å². The summed E-state index contributed by atoms with van der Waals surface area (Å²) < 4.78 is 0. The number of nitrogens with two attached hydrogens (primary N) is 1. The number of hydrogen-bond donors (Lipinski definition) is 2. The summed E-state index contributed by atoms with van der Waals surface area (Å²) >= 11 is 0. The van der Waals surface area contributed by atoms with Crippen LogP contribution in [0.1, 0.15) is 37.7 Å². The number of carbonyl (C=O) groups is 1. The molecule has 0 saturated heterocycles. The molecule has 3 nitrogen and oxygen atoms in total. The lowest BCUT2D eigenvalue weighted by Crippen LogP contribution is -2.47. The van der Waals surface area contributed by atoms with E-state index in [1.54, 1.807) is 0 Å². The molecule has 0 aromatic heterocycles. The van der Waals surface area contributed by atoms with E-state index in [4.69, 9.17) is 5.73 Å². The fourth-order valence-corrected chi connectivity index (χ4v) is 2.73. The molecule has 4 heteroatoms. The van der Waals surface area contributed by atoms with Gasteiger partial charge >= 0.3 is 0 Å². The van der Waals surface area contributed by atoms with Crippen molar-refractivity contribution < 1.29 is 4.79 Å². The molecule has 0 aliphatic heterocycles. The number of benzene rings is 1. The first kappa shape index (κ1) is 17.0. The first-order valence-corrected chi connectivity index (χ1v) is 7.29. The van der Waals surface area contributed by atoms with Crippen LogP contribution in [-0.4, -0.2) is 19.0 Å². The van der Waals surface area contributed by atoms with E-state index in [9.17, 15) is 4.79 Å². The Balaban J connectivity index is 0.00000200. The van der Waals surface area contributed by atoms with Crippen molar-refractivity contribution in [1.29, 1.82) is 0 Å². The highest BCUT2D eigenvalue weighted by Gasteiger charge is 2.43. The maximum Gasteiger partial charge on any atom is 0.226 e. The number of nitrogens with one attached hydrogen (secondary N) is 1. The van der Waals surface area contributed by atoms with Crippen LogP contribution in [0.2, 0.25) is 0 Å². The Hall–Kier alpha value is -1.06. The molecular weight excluding hydrogens is 272 g/mol. The Morgan fingerprint density at radius 3 is 2.45 bits per heavy atom. The van der Waals surface area contributed by atoms with Gasteiger partial charge in [-0.15, -0.1) is 12.4 Å². The molecule has 112 valence electrons. The van der Waals surface area contributed by atoms with Crippen molar-refractivity contribution in [3.8, 4) is 0 Å². The molecule has 1 aliphatic rings. The maximum absolute atomic E-state index is 12.4. The molecule has 1 saturated carbocycles. The second kappa shape index (κ2) is 8.28. The lowest BCUT2D eigenvalue weighted by atomic mass is 9.64. The molecule has 1 fully saturated rings. The third-order valence-corrected chi connectivity index (χ3v) is 4.09. The summed E-state index contributed by atoms with van der Waals surface area (Å²) in [5.74, 6) is 0.236. The predicted molar refractivity (Wildman–Crippen MR) is 85.0 cm³/mol. The van der Waals surface area contributed by atoms with Crippen molar-refractivity contribution in [2.24, 2.45) is 11.1 Å². The van der Waals surface area contributed by atoms with Gasteiger partial charge in [0.2, 0.25) is 5.91 Å². The highest BCUT2D eigenvalue weighted by atomic mass is 35.5. The number of carbonyl (C=O) groups excluding carboxylic acids is 1. The smallest absolute Gasteiger partial charge is 0.226 e. The van der Waals surface area contributed by atoms with Crippen molar-refractivity contribution in [2.75, 3.05) is 13.1 Å². The van der Waals surface area contributed by atoms with Gasteiger partial charge in [0.15, 0.2) is 0 Å². The van der Waals surface area contributed by atoms with Gasteiger partial charge in [0.05, 0.1) is 5.41 Å². The third-order valence-electron chi connectivity index (χ3n) is 4.09. The van der Waals surface area contributed by atoms with Crippen molar-refractivity contribution >= 4 is 18.3 Å². The summed E-state index contributed by atoms with van der Waals surface area (Å²) in [6.45, 7) is 1.46. The van der Waals surface area contributed by atoms with Gasteiger partial charge in [-0.25, -0.2) is 0 Å². The SMILES string of the molecule is Cl.NCCCCNC(=O)C1(Cc2ccccc2)CCC1. The summed E-state index contributed by atoms with van der Waals surface area (Å²) in [5.41, 5.74) is 6.57. The molecular formula is C16H25ClN2O. The van der Waals surface area contributed by atoms with E-state index in [2.05, 4.69) is 17.4 Å². The molecule has 0 atom stereocenters. The number of rotatable bonds is 7. The normalized spacial score (nSPS) is 15.8. The number of amides is 1. The van der Waals surface area contributed by atoms with Crippen LogP contribution < -0.4 is 11.1 Å². The number of unbranched alkanes of at least 4 members (excludes halogenated alkanes) is 1. The van der Waals surface area contributed by atoms with Crippen molar-refractivity contribution in [1.82, 2.24) is 5.32 Å². The molecule has 1 aliphatic carbocycles. The van der Waals surface area contributed by atoms with Gasteiger partial charge in [-0.2, -0.15) is 0 Å². The van der Waals surface area contributed by atoms with Crippen LogP contribution >= 0.6 is 12.4 Å². The van der Waals surface area contributed by atoms with Gasteiger partial charge in [-0.05, 0) is 44.2 Å². The summed E-state index contributed by atoms with van der Waals surface area (Å²) in [7, 11) is 0. The number of hydrogen-bond acceptors (Lipinski definition) is 2. The number of halogens is 1. The van der Waals surface area contributed by atoms with E-state index < -0.39 is 0 Å². The molecule has 1 aromatic carbocycles. The molecule has 0 bridgehead atoms. The minimum atomic E-state index is -0.149. The van der Waals surface area contributed by atoms with Crippen LogP contribution in [0.3, 0.4) is 0 Å². The summed E-state index contributed by atoms with van der Waals surface area (Å²) in [5, 5.41) is 3.09. The zero-order valence-corrected chi connectivity index (χ0v) is 12.8. The average Bonchev–Trinajstić information content (AvgIpc) is 2.40. The standard InChI is InChI=1S/C16H24N2O.ClH/c17-11-4-5-12-18-15(19)16(9-6-10-16)13-14-7-2-1-3-8-14;/h1-3,7-8H,4-6,9-13,17H2,(H,18,19);1H. The van der Waals surface area contributed by atoms with Gasteiger partial charge in [0, 0.05) is 6.54 Å². The first-order valence-electron chi connectivity index (χ1n) is 7.29. The minimum absolute atomic E-state index is 0. The minimum Gasteiger partial charge on any atom is -0.356 e. The van der Waals surface area contributed by atoms with Crippen molar-refractivity contribution in [3.63, 3.8) is 0 Å². The van der Waals surface area contributed by atoms with Crippen molar-refractivity contribution in [2.45, 2.75) is 38.5 Å². The molecule has 3 N–H and O–H groups in total. The molecule has 0 heterocycles. The zero-order valence-electron chi connectivity index (χ0n) is 11.9. The van der Waals surface area contributed by atoms with Crippen LogP contribution in [0.5, 0.6) is 0 Å². The first-order chi connectivity index (χ1) is 9.27. The Morgan fingerprint density at radius 2 is 1.90 bits per heavy atom. The van der Waals surface area contributed by atoms with E-state index in [1.165, 1.54) is 12.0 Å². The largest absolute Gasteiger partial charge is 0.356 e. The zero-order chi connectivity index (χ0) is 13.6. The van der Waals surface area contributed by atoms with Crippen LogP contribution in [0.4, 0.5) is 0 Å². The van der Waals surface area contributed by atoms with Crippen molar-refractivity contribution in [3.05, 3.63) is 35.9 Å². The highest BCUT2D eigenvalue weighted by Crippen LogP contribution is 2.43. The quantitative estimate of drug-likeness (QED) is 0.760. The summed E-state index contributed by atoms with van der Waals surface area (Å²) in [6, 6.07) is 10.3. The van der Waals surface area contributed by atoms with Crippen LogP contribution in [-0.2, 0) is 11.2 Å². The van der Waals surface area contributed by atoms with Gasteiger partial charge in [0.25, 0.3) is 0 Å². The van der Waals surface area contributed by atoms with Gasteiger partial charge < -0.3 is 11.1 Å². The van der Waals surface area contributed by atoms with Crippen LogP contribution in [0, 0.1) is 5.41 Å². The highest BCUT2D eigenvalue weighted by molar-refractivity contribution is 5.85. The van der Waals surface area contributed by atoms with Gasteiger partial charge in [-0.1, -0.05) is 36.8 Å². The fraction of sp³-hybridized carbons (Fsp3) is 0.562. The van der Waals surface area contributed by atoms with E-state index in [1.807, 2.05) is 18.2 Å². The lowest BCUT2D eigenvalue weighted by molar-refractivity contribution is -0.135. The Labute approximate surface area is 127 Å². The average molecular weight is 297 g/mol. The van der Waals surface area contributed by atoms with Crippen LogP contribution in [0.25, 0.3) is 0 Å². The Morgan fingerprint density at radius 1 is 1.20 bits per heavy atom. The van der Waals surface area contributed by atoms with E-state index in [0.717, 1.165) is 38.6 Å². The summed E-state index contributed by atoms with van der Waals surface area (Å²) in [4.78, 5) is 12.4. The predicted octanol–water partition coefficient (Wildman–Crippen LogP) is 2.68. The molecule has 1 amide bonds. The maximum atomic E-state index is 12.4. The summed E-state index contributed by atoms with van der Waals surface area (Å²) in [6.07, 6.45) is 6.03. The van der Waals surface area contributed by atoms with E-state index in [0.29, 0.717) is 6.54 Å². The van der Waals surface area contributed by atoms with Gasteiger partial charge in [-0.3, -0.25) is 4.79 Å². The fourth-order valence-electron chi connectivity index (χ4n) is 2.73. The third kappa shape index (κ3) is 4.22. The molecule has 2 rings (SSSR count). The molecule has 20 heavy (non-hydrogen) atoms. The molecule has 1 aromatic rings. The lowest BCUT2D eigenvalue weighted by Gasteiger charge is -2.40. The van der Waals surface area contributed by atoms with Crippen LogP contribution in [0.15, 0.2) is 30.3 Å². The second-order valence-electron chi connectivity index (χ2n) is 5.55. The van der Waals surface area contributed by atoms with Gasteiger partial charge in [0.1, 0.15) is 0 Å². The van der Waals surface area contributed by atoms with E-state index >= 15 is 0 Å². The topological polar surface area (TPSA) is 55.1 Å². The molecule has 0 unspecified atom stereocenters. The Kier molecular flexibility index (Phi) is 7.03. The molecule has 0 spiro atoms.